The van der Waals surface area contributed by atoms with Crippen LogP contribution < -0.4 is 11.1 Å². The van der Waals surface area contributed by atoms with Gasteiger partial charge in [0.15, 0.2) is 0 Å². The zero-order valence-corrected chi connectivity index (χ0v) is 11.1. The van der Waals surface area contributed by atoms with Crippen LogP contribution in [0.15, 0.2) is 18.2 Å². The van der Waals surface area contributed by atoms with Crippen LogP contribution >= 0.6 is 11.6 Å². The van der Waals surface area contributed by atoms with Gasteiger partial charge in [-0.1, -0.05) is 11.6 Å². The molecule has 1 aromatic carbocycles. The van der Waals surface area contributed by atoms with Gasteiger partial charge in [-0.3, -0.25) is 9.59 Å². The molecule has 0 fully saturated rings. The van der Waals surface area contributed by atoms with Crippen molar-refractivity contribution >= 4 is 29.1 Å². The summed E-state index contributed by atoms with van der Waals surface area (Å²) in [6, 6.07) is 4.69. The van der Waals surface area contributed by atoms with Crippen molar-refractivity contribution in [3.63, 3.8) is 0 Å². The molecule has 3 N–H and O–H groups in total. The molecule has 0 aromatic heterocycles. The van der Waals surface area contributed by atoms with E-state index in [1.165, 1.54) is 18.0 Å². The van der Waals surface area contributed by atoms with Crippen molar-refractivity contribution in [2.24, 2.45) is 0 Å². The molecule has 0 aliphatic heterocycles. The maximum absolute atomic E-state index is 12.2. The molecule has 0 bridgehead atoms. The van der Waals surface area contributed by atoms with Gasteiger partial charge in [0.2, 0.25) is 5.91 Å². The van der Waals surface area contributed by atoms with Crippen LogP contribution in [0.2, 0.25) is 5.02 Å². The number of nitrogens with two attached hydrogens (primary N) is 1. The van der Waals surface area contributed by atoms with Crippen molar-refractivity contribution in [3.05, 3.63) is 28.8 Å². The topological polar surface area (TPSA) is 75.4 Å². The standard InChI is InChI=1S/C12H16ClN3O2/c1-3-16(7-11(17)15-2)12(18)9-6-8(13)4-5-10(9)14/h4-6H,3,7,14H2,1-2H3,(H,15,17). The fourth-order valence-electron chi connectivity index (χ4n) is 1.46. The third-order valence-corrected chi connectivity index (χ3v) is 2.76. The molecule has 1 rings (SSSR count). The van der Waals surface area contributed by atoms with E-state index in [0.29, 0.717) is 22.8 Å². The van der Waals surface area contributed by atoms with Crippen LogP contribution in [0.3, 0.4) is 0 Å². The number of anilines is 1. The average molecular weight is 270 g/mol. The van der Waals surface area contributed by atoms with Gasteiger partial charge in [0.25, 0.3) is 5.91 Å². The molecule has 18 heavy (non-hydrogen) atoms. The molecular weight excluding hydrogens is 254 g/mol. The summed E-state index contributed by atoms with van der Waals surface area (Å²) in [5.74, 6) is -0.535. The molecule has 2 amide bonds. The molecule has 0 aliphatic rings. The largest absolute Gasteiger partial charge is 0.398 e. The number of rotatable bonds is 4. The van der Waals surface area contributed by atoms with Crippen molar-refractivity contribution in [2.75, 3.05) is 25.9 Å². The Hall–Kier alpha value is -1.75. The second-order valence-electron chi connectivity index (χ2n) is 3.72. The Morgan fingerprint density at radius 3 is 2.67 bits per heavy atom. The number of benzene rings is 1. The summed E-state index contributed by atoms with van der Waals surface area (Å²) in [6.07, 6.45) is 0. The fraction of sp³-hybridized carbons (Fsp3) is 0.333. The van der Waals surface area contributed by atoms with Crippen molar-refractivity contribution in [2.45, 2.75) is 6.92 Å². The van der Waals surface area contributed by atoms with E-state index in [1.807, 2.05) is 0 Å². The van der Waals surface area contributed by atoms with Crippen LogP contribution in [0.1, 0.15) is 17.3 Å². The maximum Gasteiger partial charge on any atom is 0.256 e. The first-order valence-electron chi connectivity index (χ1n) is 5.54. The molecule has 0 heterocycles. The molecule has 6 heteroatoms. The minimum absolute atomic E-state index is 0.00220. The van der Waals surface area contributed by atoms with Crippen LogP contribution in [0.25, 0.3) is 0 Å². The highest BCUT2D eigenvalue weighted by molar-refractivity contribution is 6.31. The van der Waals surface area contributed by atoms with E-state index >= 15 is 0 Å². The van der Waals surface area contributed by atoms with Crippen LogP contribution in [-0.4, -0.2) is 36.9 Å². The fourth-order valence-corrected chi connectivity index (χ4v) is 1.64. The molecule has 1 aromatic rings. The average Bonchev–Trinajstić information content (AvgIpc) is 2.37. The molecule has 0 unspecified atom stereocenters. The molecule has 0 aliphatic carbocycles. The first-order chi connectivity index (χ1) is 8.49. The number of hydrogen-bond donors (Lipinski definition) is 2. The van der Waals surface area contributed by atoms with E-state index in [9.17, 15) is 9.59 Å². The summed E-state index contributed by atoms with van der Waals surface area (Å²) in [5, 5.41) is 2.91. The van der Waals surface area contributed by atoms with Gasteiger partial charge in [-0.15, -0.1) is 0 Å². The van der Waals surface area contributed by atoms with Gasteiger partial charge in [0.1, 0.15) is 0 Å². The normalized spacial score (nSPS) is 9.94. The number of nitrogens with one attached hydrogen (secondary N) is 1. The van der Waals surface area contributed by atoms with Crippen LogP contribution in [0.5, 0.6) is 0 Å². The van der Waals surface area contributed by atoms with Gasteiger partial charge in [0, 0.05) is 24.3 Å². The van der Waals surface area contributed by atoms with Crippen LogP contribution in [0, 0.1) is 0 Å². The summed E-state index contributed by atoms with van der Waals surface area (Å²) in [4.78, 5) is 24.9. The van der Waals surface area contributed by atoms with E-state index in [0.717, 1.165) is 0 Å². The Labute approximate surface area is 111 Å². The Morgan fingerprint density at radius 1 is 1.44 bits per heavy atom. The number of carbonyl (C=O) groups excluding carboxylic acids is 2. The number of carbonyl (C=O) groups is 2. The molecule has 0 atom stereocenters. The first kappa shape index (κ1) is 14.3. The number of hydrogen-bond acceptors (Lipinski definition) is 3. The third kappa shape index (κ3) is 3.37. The summed E-state index contributed by atoms with van der Waals surface area (Å²) in [7, 11) is 1.52. The summed E-state index contributed by atoms with van der Waals surface area (Å²) in [6.45, 7) is 2.21. The quantitative estimate of drug-likeness (QED) is 0.805. The zero-order valence-electron chi connectivity index (χ0n) is 10.4. The van der Waals surface area contributed by atoms with Gasteiger partial charge in [-0.05, 0) is 25.1 Å². The van der Waals surface area contributed by atoms with Gasteiger partial charge >= 0.3 is 0 Å². The van der Waals surface area contributed by atoms with E-state index in [4.69, 9.17) is 17.3 Å². The van der Waals surface area contributed by atoms with E-state index in [2.05, 4.69) is 5.32 Å². The molecule has 0 radical (unpaired) electrons. The molecular formula is C12H16ClN3O2. The molecule has 0 saturated carbocycles. The lowest BCUT2D eigenvalue weighted by Crippen LogP contribution is -2.39. The smallest absolute Gasteiger partial charge is 0.256 e. The first-order valence-corrected chi connectivity index (χ1v) is 5.92. The number of likely N-dealkylation sites (N-methyl/N-ethyl adjacent to an activating group) is 2. The van der Waals surface area contributed by atoms with Gasteiger partial charge in [-0.2, -0.15) is 0 Å². The van der Waals surface area contributed by atoms with Crippen molar-refractivity contribution < 1.29 is 9.59 Å². The Kier molecular flexibility index (Phi) is 4.97. The van der Waals surface area contributed by atoms with Gasteiger partial charge in [0.05, 0.1) is 12.1 Å². The predicted octanol–water partition coefficient (Wildman–Crippen LogP) is 1.13. The van der Waals surface area contributed by atoms with E-state index in [-0.39, 0.29) is 18.4 Å². The highest BCUT2D eigenvalue weighted by Gasteiger charge is 2.19. The third-order valence-electron chi connectivity index (χ3n) is 2.53. The minimum Gasteiger partial charge on any atom is -0.398 e. The van der Waals surface area contributed by atoms with E-state index < -0.39 is 0 Å². The summed E-state index contributed by atoms with van der Waals surface area (Å²) in [5.41, 5.74) is 6.40. The van der Waals surface area contributed by atoms with Crippen molar-refractivity contribution in [1.29, 1.82) is 0 Å². The lowest BCUT2D eigenvalue weighted by atomic mass is 10.1. The van der Waals surface area contributed by atoms with E-state index in [1.54, 1.807) is 19.1 Å². The summed E-state index contributed by atoms with van der Waals surface area (Å²) >= 11 is 5.84. The predicted molar refractivity (Wildman–Crippen MR) is 71.5 cm³/mol. The molecule has 5 nitrogen and oxygen atoms in total. The van der Waals surface area contributed by atoms with Crippen LogP contribution in [0.4, 0.5) is 5.69 Å². The zero-order chi connectivity index (χ0) is 13.7. The molecule has 0 saturated heterocycles. The molecule has 98 valence electrons. The summed E-state index contributed by atoms with van der Waals surface area (Å²) < 4.78 is 0. The Morgan fingerprint density at radius 2 is 2.11 bits per heavy atom. The SMILES string of the molecule is CCN(CC(=O)NC)C(=O)c1cc(Cl)ccc1N. The Bertz CT molecular complexity index is 463. The lowest BCUT2D eigenvalue weighted by Gasteiger charge is -2.20. The number of halogens is 1. The molecule has 0 spiro atoms. The maximum atomic E-state index is 12.2. The van der Waals surface area contributed by atoms with Crippen molar-refractivity contribution in [3.8, 4) is 0 Å². The second kappa shape index (κ2) is 6.26. The van der Waals surface area contributed by atoms with Crippen LogP contribution in [-0.2, 0) is 4.79 Å². The highest BCUT2D eigenvalue weighted by atomic mass is 35.5. The van der Waals surface area contributed by atoms with Gasteiger partial charge in [-0.25, -0.2) is 0 Å². The lowest BCUT2D eigenvalue weighted by molar-refractivity contribution is -0.121. The second-order valence-corrected chi connectivity index (χ2v) is 4.16. The monoisotopic (exact) mass is 269 g/mol. The highest BCUT2D eigenvalue weighted by Crippen LogP contribution is 2.19. The van der Waals surface area contributed by atoms with Gasteiger partial charge < -0.3 is 16.0 Å². The number of nitrogen functional groups attached to an aromatic ring is 1. The Balaban J connectivity index is 2.96. The van der Waals surface area contributed by atoms with Crippen molar-refractivity contribution in [1.82, 2.24) is 10.2 Å². The number of amides is 2. The minimum atomic E-state index is -0.305. The number of nitrogens with zero attached hydrogens (tertiary/aromatic N) is 1.